The summed E-state index contributed by atoms with van der Waals surface area (Å²) in [6.45, 7) is 4.52. The number of methoxy groups -OCH3 is 1. The summed E-state index contributed by atoms with van der Waals surface area (Å²) < 4.78 is 5.83. The number of rotatable bonds is 2. The van der Waals surface area contributed by atoms with Crippen molar-refractivity contribution in [3.8, 4) is 0 Å². The highest BCUT2D eigenvalue weighted by Gasteiger charge is 2.39. The molecule has 1 heterocycles. The van der Waals surface area contributed by atoms with E-state index >= 15 is 0 Å². The summed E-state index contributed by atoms with van der Waals surface area (Å²) in [5.41, 5.74) is 1.44. The molecule has 0 aliphatic heterocycles. The van der Waals surface area contributed by atoms with E-state index in [1.54, 1.807) is 0 Å². The van der Waals surface area contributed by atoms with E-state index in [1.165, 1.54) is 29.7 Å². The molecule has 0 saturated carbocycles. The summed E-state index contributed by atoms with van der Waals surface area (Å²) in [4.78, 5) is 1.53. The summed E-state index contributed by atoms with van der Waals surface area (Å²) in [7, 11) is 1.85. The predicted octanol–water partition coefficient (Wildman–Crippen LogP) is 3.58. The smallest absolute Gasteiger partial charge is 0.0961 e. The molecule has 0 amide bonds. The molecule has 0 fully saturated rings. The van der Waals surface area contributed by atoms with Crippen LogP contribution in [-0.2, 0) is 16.8 Å². The minimum absolute atomic E-state index is 0.00637. The van der Waals surface area contributed by atoms with Gasteiger partial charge in [0.1, 0.15) is 0 Å². The normalized spacial score (nSPS) is 26.6. The lowest BCUT2D eigenvalue weighted by Crippen LogP contribution is -2.37. The van der Waals surface area contributed by atoms with E-state index in [4.69, 9.17) is 4.74 Å². The van der Waals surface area contributed by atoms with Crippen molar-refractivity contribution in [2.24, 2.45) is 5.92 Å². The molecule has 0 aromatic carbocycles. The topological polar surface area (TPSA) is 9.23 Å². The van der Waals surface area contributed by atoms with Crippen LogP contribution in [0.25, 0.3) is 0 Å². The van der Waals surface area contributed by atoms with Gasteiger partial charge in [-0.2, -0.15) is 0 Å². The van der Waals surface area contributed by atoms with E-state index < -0.39 is 0 Å². The summed E-state index contributed by atoms with van der Waals surface area (Å²) in [5, 5.41) is 2.20. The summed E-state index contributed by atoms with van der Waals surface area (Å²) in [5.74, 6) is 0.557. The van der Waals surface area contributed by atoms with Crippen molar-refractivity contribution in [1.82, 2.24) is 0 Å². The van der Waals surface area contributed by atoms with E-state index in [0.29, 0.717) is 5.92 Å². The van der Waals surface area contributed by atoms with Gasteiger partial charge in [0.25, 0.3) is 0 Å². The SMILES string of the molecule is CO[C@@]1(C(C)C)CCCc2sccc21. The molecule has 2 heteroatoms. The average molecular weight is 210 g/mol. The zero-order valence-electron chi connectivity index (χ0n) is 9.17. The van der Waals surface area contributed by atoms with Gasteiger partial charge in [-0.15, -0.1) is 11.3 Å². The largest absolute Gasteiger partial charge is 0.373 e. The molecular formula is C12H18OS. The van der Waals surface area contributed by atoms with Gasteiger partial charge in [0.2, 0.25) is 0 Å². The number of hydrogen-bond donors (Lipinski definition) is 0. The number of fused-ring (bicyclic) bond motifs is 1. The number of aryl methyl sites for hydroxylation is 1. The molecule has 1 nitrogen and oxygen atoms in total. The first-order valence-electron chi connectivity index (χ1n) is 5.32. The van der Waals surface area contributed by atoms with Gasteiger partial charge in [-0.1, -0.05) is 13.8 Å². The van der Waals surface area contributed by atoms with Crippen molar-refractivity contribution in [1.29, 1.82) is 0 Å². The molecule has 0 unspecified atom stereocenters. The van der Waals surface area contributed by atoms with E-state index in [-0.39, 0.29) is 5.60 Å². The van der Waals surface area contributed by atoms with Crippen LogP contribution in [0.3, 0.4) is 0 Å². The standard InChI is InChI=1S/C12H18OS/c1-9(2)12(13-3)7-4-5-11-10(12)6-8-14-11/h6,8-9H,4-5,7H2,1-3H3/t12-/m1/s1. The van der Waals surface area contributed by atoms with Crippen LogP contribution in [0.1, 0.15) is 37.1 Å². The first-order chi connectivity index (χ1) is 6.70. The van der Waals surface area contributed by atoms with Crippen molar-refractivity contribution in [2.75, 3.05) is 7.11 Å². The van der Waals surface area contributed by atoms with Gasteiger partial charge in [-0.25, -0.2) is 0 Å². The Hall–Kier alpha value is -0.340. The summed E-state index contributed by atoms with van der Waals surface area (Å²) in [6.07, 6.45) is 3.68. The highest BCUT2D eigenvalue weighted by molar-refractivity contribution is 7.10. The number of ether oxygens (including phenoxy) is 1. The fourth-order valence-corrected chi connectivity index (χ4v) is 3.60. The van der Waals surface area contributed by atoms with Gasteiger partial charge in [0, 0.05) is 12.0 Å². The molecule has 0 saturated heterocycles. The Bertz CT molecular complexity index is 316. The minimum Gasteiger partial charge on any atom is -0.373 e. The Morgan fingerprint density at radius 3 is 2.93 bits per heavy atom. The van der Waals surface area contributed by atoms with Crippen molar-refractivity contribution < 1.29 is 4.74 Å². The van der Waals surface area contributed by atoms with Crippen LogP contribution in [0, 0.1) is 5.92 Å². The zero-order valence-corrected chi connectivity index (χ0v) is 9.99. The van der Waals surface area contributed by atoms with Crippen LogP contribution in [0.5, 0.6) is 0 Å². The van der Waals surface area contributed by atoms with Gasteiger partial charge in [0.15, 0.2) is 0 Å². The second-order valence-electron chi connectivity index (χ2n) is 4.36. The first kappa shape index (κ1) is 10.2. The van der Waals surface area contributed by atoms with Gasteiger partial charge < -0.3 is 4.74 Å². The lowest BCUT2D eigenvalue weighted by atomic mass is 9.76. The fraction of sp³-hybridized carbons (Fsp3) is 0.667. The maximum absolute atomic E-state index is 5.83. The Labute approximate surface area is 90.1 Å². The van der Waals surface area contributed by atoms with Crippen molar-refractivity contribution in [3.05, 3.63) is 21.9 Å². The van der Waals surface area contributed by atoms with Crippen LogP contribution in [-0.4, -0.2) is 7.11 Å². The minimum atomic E-state index is -0.00637. The molecule has 0 bridgehead atoms. The summed E-state index contributed by atoms with van der Waals surface area (Å²) >= 11 is 1.88. The maximum Gasteiger partial charge on any atom is 0.0961 e. The van der Waals surface area contributed by atoms with Gasteiger partial charge >= 0.3 is 0 Å². The average Bonchev–Trinajstić information content (AvgIpc) is 2.64. The molecular weight excluding hydrogens is 192 g/mol. The highest BCUT2D eigenvalue weighted by atomic mass is 32.1. The lowest BCUT2D eigenvalue weighted by molar-refractivity contribution is -0.0660. The maximum atomic E-state index is 5.83. The van der Waals surface area contributed by atoms with Gasteiger partial charge in [0.05, 0.1) is 5.60 Å². The van der Waals surface area contributed by atoms with Crippen molar-refractivity contribution in [3.63, 3.8) is 0 Å². The van der Waals surface area contributed by atoms with Gasteiger partial charge in [-0.05, 0) is 42.2 Å². The third-order valence-corrected chi connectivity index (χ3v) is 4.43. The number of thiophene rings is 1. The van der Waals surface area contributed by atoms with E-state index in [2.05, 4.69) is 25.3 Å². The third kappa shape index (κ3) is 1.32. The van der Waals surface area contributed by atoms with E-state index in [0.717, 1.165) is 0 Å². The molecule has 1 aromatic heterocycles. The third-order valence-electron chi connectivity index (χ3n) is 3.45. The Balaban J connectivity index is 2.47. The predicted molar refractivity (Wildman–Crippen MR) is 60.8 cm³/mol. The van der Waals surface area contributed by atoms with E-state index in [9.17, 15) is 0 Å². The molecule has 1 aliphatic rings. The molecule has 0 N–H and O–H groups in total. The molecule has 0 spiro atoms. The van der Waals surface area contributed by atoms with Crippen LogP contribution in [0.15, 0.2) is 11.4 Å². The van der Waals surface area contributed by atoms with Crippen LogP contribution in [0.4, 0.5) is 0 Å². The molecule has 2 rings (SSSR count). The van der Waals surface area contributed by atoms with Gasteiger partial charge in [-0.3, -0.25) is 0 Å². The second kappa shape index (κ2) is 3.67. The Morgan fingerprint density at radius 1 is 1.50 bits per heavy atom. The van der Waals surface area contributed by atoms with Crippen LogP contribution in [0.2, 0.25) is 0 Å². The van der Waals surface area contributed by atoms with Crippen molar-refractivity contribution in [2.45, 2.75) is 38.7 Å². The fourth-order valence-electron chi connectivity index (χ4n) is 2.60. The van der Waals surface area contributed by atoms with Crippen LogP contribution < -0.4 is 0 Å². The highest BCUT2D eigenvalue weighted by Crippen LogP contribution is 2.45. The molecule has 78 valence electrons. The first-order valence-corrected chi connectivity index (χ1v) is 6.20. The quantitative estimate of drug-likeness (QED) is 0.725. The monoisotopic (exact) mass is 210 g/mol. The second-order valence-corrected chi connectivity index (χ2v) is 5.36. The summed E-state index contributed by atoms with van der Waals surface area (Å²) in [6, 6.07) is 2.25. The van der Waals surface area contributed by atoms with Crippen LogP contribution >= 0.6 is 11.3 Å². The Kier molecular flexibility index (Phi) is 2.67. The molecule has 14 heavy (non-hydrogen) atoms. The molecule has 1 aliphatic carbocycles. The molecule has 1 atom stereocenters. The number of hydrogen-bond acceptors (Lipinski definition) is 2. The lowest BCUT2D eigenvalue weighted by Gasteiger charge is -2.39. The van der Waals surface area contributed by atoms with E-state index in [1.807, 2.05) is 18.4 Å². The van der Waals surface area contributed by atoms with Crippen molar-refractivity contribution >= 4 is 11.3 Å². The zero-order chi connectivity index (χ0) is 10.2. The molecule has 1 aromatic rings. The molecule has 0 radical (unpaired) electrons. The Morgan fingerprint density at radius 2 is 2.29 bits per heavy atom.